The van der Waals surface area contributed by atoms with Gasteiger partial charge in [0.25, 0.3) is 0 Å². The van der Waals surface area contributed by atoms with Crippen molar-refractivity contribution < 1.29 is 19.0 Å². The second-order valence-corrected chi connectivity index (χ2v) is 6.74. The van der Waals surface area contributed by atoms with Crippen LogP contribution < -0.4 is 0 Å². The summed E-state index contributed by atoms with van der Waals surface area (Å²) in [6.45, 7) is 7.41. The van der Waals surface area contributed by atoms with E-state index in [4.69, 9.17) is 14.2 Å². The van der Waals surface area contributed by atoms with Gasteiger partial charge in [0.2, 0.25) is 5.91 Å². The van der Waals surface area contributed by atoms with E-state index in [1.54, 1.807) is 0 Å². The van der Waals surface area contributed by atoms with E-state index in [9.17, 15) is 4.79 Å². The van der Waals surface area contributed by atoms with Gasteiger partial charge in [0.1, 0.15) is 6.61 Å². The molecule has 1 amide bonds. The van der Waals surface area contributed by atoms with Crippen LogP contribution in [-0.4, -0.2) is 55.1 Å². The van der Waals surface area contributed by atoms with Crippen LogP contribution in [0.4, 0.5) is 0 Å². The summed E-state index contributed by atoms with van der Waals surface area (Å²) < 4.78 is 17.0. The molecule has 0 aromatic carbocycles. The third-order valence-electron chi connectivity index (χ3n) is 4.10. The second-order valence-electron chi connectivity index (χ2n) is 6.74. The summed E-state index contributed by atoms with van der Waals surface area (Å²) in [7, 11) is 1.87. The van der Waals surface area contributed by atoms with Crippen molar-refractivity contribution in [2.75, 3.05) is 26.9 Å². The third-order valence-corrected chi connectivity index (χ3v) is 4.10. The first kappa shape index (κ1) is 15.7. The molecule has 0 bridgehead atoms. The molecule has 1 saturated heterocycles. The molecule has 1 spiro atoms. The normalized spacial score (nSPS) is 23.2. The monoisotopic (exact) mass is 285 g/mol. The van der Waals surface area contributed by atoms with Crippen LogP contribution in [0.25, 0.3) is 0 Å². The molecule has 1 aliphatic heterocycles. The Morgan fingerprint density at radius 1 is 1.25 bits per heavy atom. The van der Waals surface area contributed by atoms with E-state index in [2.05, 4.69) is 0 Å². The highest BCUT2D eigenvalue weighted by Crippen LogP contribution is 2.37. The van der Waals surface area contributed by atoms with Crippen LogP contribution in [0.15, 0.2) is 0 Å². The minimum absolute atomic E-state index is 0.0501. The zero-order chi connectivity index (χ0) is 14.8. The molecule has 1 aliphatic carbocycles. The van der Waals surface area contributed by atoms with Gasteiger partial charge in [-0.15, -0.1) is 0 Å². The Balaban J connectivity index is 1.79. The molecule has 20 heavy (non-hydrogen) atoms. The van der Waals surface area contributed by atoms with Gasteiger partial charge in [0.15, 0.2) is 5.79 Å². The molecule has 0 aromatic heterocycles. The van der Waals surface area contributed by atoms with Crippen LogP contribution in [0.2, 0.25) is 0 Å². The molecular weight excluding hydrogens is 258 g/mol. The quantitative estimate of drug-likeness (QED) is 0.795. The van der Waals surface area contributed by atoms with Gasteiger partial charge in [-0.3, -0.25) is 4.79 Å². The molecule has 1 heterocycles. The van der Waals surface area contributed by atoms with E-state index >= 15 is 0 Å². The average molecular weight is 285 g/mol. The third kappa shape index (κ3) is 3.93. The van der Waals surface area contributed by atoms with Crippen LogP contribution in [0.1, 0.15) is 46.5 Å². The maximum Gasteiger partial charge on any atom is 0.248 e. The van der Waals surface area contributed by atoms with Gasteiger partial charge in [-0.05, 0) is 33.6 Å². The summed E-state index contributed by atoms with van der Waals surface area (Å²) >= 11 is 0. The summed E-state index contributed by atoms with van der Waals surface area (Å²) in [6.07, 6.45) is 3.60. The largest absolute Gasteiger partial charge is 0.366 e. The Morgan fingerprint density at radius 2 is 1.80 bits per heavy atom. The standard InChI is InChI=1S/C15H27NO4/c1-14(2,3)20-11-13(17)16(4)12-5-7-15(8-6-12)18-9-10-19-15/h12H,5-11H2,1-4H3. The summed E-state index contributed by atoms with van der Waals surface area (Å²) in [5.41, 5.74) is -0.279. The molecule has 2 fully saturated rings. The number of hydrogen-bond acceptors (Lipinski definition) is 4. The fourth-order valence-electron chi connectivity index (χ4n) is 2.80. The molecule has 0 aromatic rings. The summed E-state index contributed by atoms with van der Waals surface area (Å²) in [4.78, 5) is 14.0. The minimum atomic E-state index is -0.359. The fraction of sp³-hybridized carbons (Fsp3) is 0.933. The van der Waals surface area contributed by atoms with Gasteiger partial charge in [0.05, 0.1) is 18.8 Å². The molecule has 0 N–H and O–H groups in total. The van der Waals surface area contributed by atoms with Gasteiger partial charge in [-0.25, -0.2) is 0 Å². The maximum atomic E-state index is 12.1. The molecule has 5 nitrogen and oxygen atoms in total. The van der Waals surface area contributed by atoms with Gasteiger partial charge < -0.3 is 19.1 Å². The van der Waals surface area contributed by atoms with Gasteiger partial charge in [-0.1, -0.05) is 0 Å². The first-order valence-electron chi connectivity index (χ1n) is 7.49. The molecule has 116 valence electrons. The lowest BCUT2D eigenvalue weighted by Gasteiger charge is -2.39. The van der Waals surface area contributed by atoms with E-state index < -0.39 is 0 Å². The summed E-state index contributed by atoms with van der Waals surface area (Å²) in [5, 5.41) is 0. The van der Waals surface area contributed by atoms with E-state index in [-0.39, 0.29) is 29.9 Å². The van der Waals surface area contributed by atoms with Crippen molar-refractivity contribution >= 4 is 5.91 Å². The van der Waals surface area contributed by atoms with Crippen molar-refractivity contribution in [3.05, 3.63) is 0 Å². The van der Waals surface area contributed by atoms with E-state index in [0.717, 1.165) is 25.7 Å². The molecule has 0 atom stereocenters. The number of hydrogen-bond donors (Lipinski definition) is 0. The van der Waals surface area contributed by atoms with Crippen LogP contribution in [0.5, 0.6) is 0 Å². The van der Waals surface area contributed by atoms with Crippen LogP contribution in [0.3, 0.4) is 0 Å². The molecule has 5 heteroatoms. The number of carbonyl (C=O) groups excluding carboxylic acids is 1. The Morgan fingerprint density at radius 3 is 2.30 bits per heavy atom. The fourth-order valence-corrected chi connectivity index (χ4v) is 2.80. The van der Waals surface area contributed by atoms with Crippen molar-refractivity contribution in [2.45, 2.75) is 63.9 Å². The Kier molecular flexibility index (Phi) is 4.72. The molecule has 2 rings (SSSR count). The number of nitrogens with zero attached hydrogens (tertiary/aromatic N) is 1. The van der Waals surface area contributed by atoms with Crippen molar-refractivity contribution in [3.8, 4) is 0 Å². The lowest BCUT2D eigenvalue weighted by atomic mass is 9.89. The predicted octanol–water partition coefficient (Wildman–Crippen LogP) is 1.95. The second kappa shape index (κ2) is 6.00. The number of amides is 1. The van der Waals surface area contributed by atoms with Gasteiger partial charge in [-0.2, -0.15) is 0 Å². The number of likely N-dealkylation sites (N-methyl/N-ethyl adjacent to an activating group) is 1. The highest BCUT2D eigenvalue weighted by atomic mass is 16.7. The highest BCUT2D eigenvalue weighted by Gasteiger charge is 2.41. The zero-order valence-electron chi connectivity index (χ0n) is 13.1. The molecule has 2 aliphatic rings. The first-order chi connectivity index (χ1) is 9.31. The van der Waals surface area contributed by atoms with Crippen molar-refractivity contribution in [3.63, 3.8) is 0 Å². The molecular formula is C15H27NO4. The number of ether oxygens (including phenoxy) is 3. The Hall–Kier alpha value is -0.650. The van der Waals surface area contributed by atoms with Gasteiger partial charge in [0, 0.05) is 25.9 Å². The number of rotatable bonds is 3. The topological polar surface area (TPSA) is 48.0 Å². The minimum Gasteiger partial charge on any atom is -0.366 e. The van der Waals surface area contributed by atoms with Crippen molar-refractivity contribution in [2.24, 2.45) is 0 Å². The smallest absolute Gasteiger partial charge is 0.248 e. The first-order valence-corrected chi connectivity index (χ1v) is 7.49. The van der Waals surface area contributed by atoms with Crippen molar-refractivity contribution in [1.29, 1.82) is 0 Å². The molecule has 0 unspecified atom stereocenters. The lowest BCUT2D eigenvalue weighted by Crippen LogP contribution is -2.46. The summed E-state index contributed by atoms with van der Waals surface area (Å²) in [5.74, 6) is -0.309. The Bertz CT molecular complexity index is 334. The Labute approximate surface area is 121 Å². The van der Waals surface area contributed by atoms with E-state index in [1.807, 2.05) is 32.7 Å². The molecule has 0 radical (unpaired) electrons. The molecule has 1 saturated carbocycles. The van der Waals surface area contributed by atoms with E-state index in [0.29, 0.717) is 13.2 Å². The van der Waals surface area contributed by atoms with E-state index in [1.165, 1.54) is 0 Å². The SMILES string of the molecule is CN(C(=O)COC(C)(C)C)C1CCC2(CC1)OCCO2. The average Bonchev–Trinajstić information content (AvgIpc) is 2.83. The maximum absolute atomic E-state index is 12.1. The number of carbonyl (C=O) groups is 1. The van der Waals surface area contributed by atoms with Crippen LogP contribution >= 0.6 is 0 Å². The van der Waals surface area contributed by atoms with Crippen LogP contribution in [0, 0.1) is 0 Å². The lowest BCUT2D eigenvalue weighted by molar-refractivity contribution is -0.185. The predicted molar refractivity (Wildman–Crippen MR) is 75.4 cm³/mol. The summed E-state index contributed by atoms with van der Waals surface area (Å²) in [6, 6.07) is 0.268. The van der Waals surface area contributed by atoms with Crippen LogP contribution in [-0.2, 0) is 19.0 Å². The van der Waals surface area contributed by atoms with Crippen molar-refractivity contribution in [1.82, 2.24) is 4.90 Å². The highest BCUT2D eigenvalue weighted by molar-refractivity contribution is 5.77. The zero-order valence-corrected chi connectivity index (χ0v) is 13.1. The van der Waals surface area contributed by atoms with Gasteiger partial charge >= 0.3 is 0 Å².